The zero-order chi connectivity index (χ0) is 21.1. The fraction of sp³-hybridized carbons (Fsp3) is 0.500. The van der Waals surface area contributed by atoms with Gasteiger partial charge in [-0.3, -0.25) is 14.6 Å². The van der Waals surface area contributed by atoms with Crippen LogP contribution in [0.2, 0.25) is 0 Å². The van der Waals surface area contributed by atoms with Crippen LogP contribution in [0.15, 0.2) is 40.8 Å². The molecule has 4 rings (SSSR count). The van der Waals surface area contributed by atoms with Crippen LogP contribution < -0.4 is 20.7 Å². The van der Waals surface area contributed by atoms with Crippen molar-refractivity contribution in [3.8, 4) is 0 Å². The van der Waals surface area contributed by atoms with E-state index in [1.54, 1.807) is 20.0 Å². The Morgan fingerprint density at radius 2 is 1.90 bits per heavy atom. The van der Waals surface area contributed by atoms with E-state index in [0.29, 0.717) is 17.8 Å². The molecule has 0 bridgehead atoms. The summed E-state index contributed by atoms with van der Waals surface area (Å²) < 4.78 is 1.32. The predicted octanol–water partition coefficient (Wildman–Crippen LogP) is -0.133. The lowest BCUT2D eigenvalue weighted by Crippen LogP contribution is -2.65. The van der Waals surface area contributed by atoms with Gasteiger partial charge in [-0.2, -0.15) is 0 Å². The molecule has 29 heavy (non-hydrogen) atoms. The number of H-pyrrole nitrogens is 1. The van der Waals surface area contributed by atoms with Gasteiger partial charge >= 0.3 is 0 Å². The van der Waals surface area contributed by atoms with Gasteiger partial charge in [0.05, 0.1) is 6.61 Å². The number of fused-ring (bicyclic) bond motifs is 1. The van der Waals surface area contributed by atoms with Crippen molar-refractivity contribution in [2.24, 2.45) is 13.0 Å². The second kappa shape index (κ2) is 6.86. The molecule has 2 aromatic rings. The normalized spacial score (nSPS) is 29.2. The van der Waals surface area contributed by atoms with Crippen molar-refractivity contribution in [1.82, 2.24) is 9.78 Å². The van der Waals surface area contributed by atoms with Crippen LogP contribution in [0.3, 0.4) is 0 Å². The molecule has 7 heteroatoms. The van der Waals surface area contributed by atoms with Gasteiger partial charge in [0.1, 0.15) is 0 Å². The summed E-state index contributed by atoms with van der Waals surface area (Å²) in [5.74, 6) is -1.54. The molecule has 2 N–H and O–H groups in total. The number of para-hydroxylation sites is 1. The third kappa shape index (κ3) is 2.79. The molecule has 2 atom stereocenters. The molecule has 7 nitrogen and oxygen atoms in total. The minimum atomic E-state index is -1.16. The topological polar surface area (TPSA) is 107 Å². The fourth-order valence-electron chi connectivity index (χ4n) is 4.99. The summed E-state index contributed by atoms with van der Waals surface area (Å²) >= 11 is 0. The van der Waals surface area contributed by atoms with Crippen LogP contribution in [0.1, 0.15) is 36.6 Å². The average molecular weight is 397 g/mol. The van der Waals surface area contributed by atoms with Crippen LogP contribution in [-0.4, -0.2) is 40.2 Å². The van der Waals surface area contributed by atoms with Gasteiger partial charge in [0.25, 0.3) is 5.56 Å². The molecule has 0 amide bonds. The Labute approximate surface area is 169 Å². The number of hydrogen-bond donors (Lipinski definition) is 2. The summed E-state index contributed by atoms with van der Waals surface area (Å²) in [6, 6.07) is 7.95. The minimum Gasteiger partial charge on any atom is -0.851 e. The summed E-state index contributed by atoms with van der Waals surface area (Å²) in [4.78, 5) is 14.4. The average Bonchev–Trinajstić information content (AvgIpc) is 3.05. The van der Waals surface area contributed by atoms with E-state index in [0.717, 1.165) is 16.9 Å². The maximum Gasteiger partial charge on any atom is 0.269 e. The number of aromatic nitrogens is 2. The Bertz CT molecular complexity index is 1010. The molecule has 1 saturated carbocycles. The zero-order valence-electron chi connectivity index (χ0n) is 17.2. The second-order valence-electron chi connectivity index (χ2n) is 8.62. The van der Waals surface area contributed by atoms with Crippen LogP contribution in [0.4, 0.5) is 5.69 Å². The lowest BCUT2D eigenvalue weighted by atomic mass is 9.65. The molecule has 0 spiro atoms. The van der Waals surface area contributed by atoms with Gasteiger partial charge in [0, 0.05) is 41.6 Å². The fourth-order valence-corrected chi connectivity index (χ4v) is 4.99. The Hall–Kier alpha value is -2.35. The number of allylic oxidation sites excluding steroid dienone is 1. The molecule has 1 fully saturated rings. The van der Waals surface area contributed by atoms with Crippen molar-refractivity contribution in [1.29, 1.82) is 0 Å². The van der Waals surface area contributed by atoms with E-state index in [-0.39, 0.29) is 17.6 Å². The first-order valence-electron chi connectivity index (χ1n) is 9.97. The minimum absolute atomic E-state index is 0.0325. The maximum atomic E-state index is 13.0. The number of aryl methyl sites for hydroxylation is 2. The van der Waals surface area contributed by atoms with Crippen LogP contribution in [-0.2, 0) is 12.5 Å². The predicted molar refractivity (Wildman–Crippen MR) is 107 cm³/mol. The van der Waals surface area contributed by atoms with Gasteiger partial charge in [0.2, 0.25) is 0 Å². The van der Waals surface area contributed by atoms with Crippen molar-refractivity contribution in [3.05, 3.63) is 63.2 Å². The van der Waals surface area contributed by atoms with Gasteiger partial charge in [0.15, 0.2) is 0 Å². The highest BCUT2D eigenvalue weighted by molar-refractivity contribution is 5.70. The van der Waals surface area contributed by atoms with E-state index < -0.39 is 24.0 Å². The van der Waals surface area contributed by atoms with E-state index in [1.807, 2.05) is 29.2 Å². The second-order valence-corrected chi connectivity index (χ2v) is 8.62. The number of aliphatic hydroxyl groups excluding tert-OH is 1. The molecule has 1 aromatic carbocycles. The molecule has 0 saturated heterocycles. The van der Waals surface area contributed by atoms with Crippen molar-refractivity contribution in [3.63, 3.8) is 0 Å². The van der Waals surface area contributed by atoms with Crippen LogP contribution in [0.5, 0.6) is 0 Å². The third-order valence-corrected chi connectivity index (χ3v) is 6.55. The van der Waals surface area contributed by atoms with E-state index in [1.165, 1.54) is 4.68 Å². The first-order chi connectivity index (χ1) is 13.7. The van der Waals surface area contributed by atoms with E-state index in [4.69, 9.17) is 0 Å². The van der Waals surface area contributed by atoms with Crippen molar-refractivity contribution >= 4 is 5.69 Å². The summed E-state index contributed by atoms with van der Waals surface area (Å²) in [6.07, 6.45) is -0.529. The molecule has 2 heterocycles. The first kappa shape index (κ1) is 19.9. The standard InChI is InChI=1S/C22H27N3O4/c1-12-17(21(29)24(4)23-12)18-19(27)13(20(18)28)11-16-22(2,3)14-7-5-6-8-15(14)25(16)9-10-26/h5-8,11,13,18-20,23,26H,9-10H2,1-4H3/q-2/b16-11+. The molecular formula is C22H27N3O4-2. The van der Waals surface area contributed by atoms with Gasteiger partial charge in [-0.15, -0.1) is 12.2 Å². The molecule has 1 aromatic heterocycles. The van der Waals surface area contributed by atoms with E-state index in [2.05, 4.69) is 18.9 Å². The maximum absolute atomic E-state index is 13.0. The van der Waals surface area contributed by atoms with Gasteiger partial charge < -0.3 is 20.2 Å². The highest BCUT2D eigenvalue weighted by Crippen LogP contribution is 2.49. The summed E-state index contributed by atoms with van der Waals surface area (Å²) in [7, 11) is 1.58. The van der Waals surface area contributed by atoms with Gasteiger partial charge in [-0.25, -0.2) is 0 Å². The lowest BCUT2D eigenvalue weighted by molar-refractivity contribution is -0.543. The highest BCUT2D eigenvalue weighted by Gasteiger charge is 2.44. The van der Waals surface area contributed by atoms with E-state index in [9.17, 15) is 20.1 Å². The van der Waals surface area contributed by atoms with Crippen LogP contribution in [0, 0.1) is 12.8 Å². The quantitative estimate of drug-likeness (QED) is 0.747. The SMILES string of the molecule is Cc1[nH]n(C)c(=O)c1C1C([O-])C(/C=C2/N(CCO)c3ccccc3C2(C)C)C1[O-]. The number of β-amino-alcohol motifs (C(OH)–C–C–N with tert-alkyl or cyclic N) is 1. The number of nitrogens with zero attached hydrogens (tertiary/aromatic N) is 2. The van der Waals surface area contributed by atoms with Crippen molar-refractivity contribution < 1.29 is 15.3 Å². The van der Waals surface area contributed by atoms with Crippen molar-refractivity contribution in [2.45, 2.75) is 44.3 Å². The number of anilines is 1. The third-order valence-electron chi connectivity index (χ3n) is 6.55. The zero-order valence-corrected chi connectivity index (χ0v) is 17.2. The Kier molecular flexibility index (Phi) is 4.72. The van der Waals surface area contributed by atoms with Crippen molar-refractivity contribution in [2.75, 3.05) is 18.1 Å². The largest absolute Gasteiger partial charge is 0.851 e. The lowest BCUT2D eigenvalue weighted by Gasteiger charge is -2.60. The number of nitrogens with one attached hydrogen (secondary N) is 1. The summed E-state index contributed by atoms with van der Waals surface area (Å²) in [5, 5.41) is 38.5. The highest BCUT2D eigenvalue weighted by atomic mass is 16.3. The van der Waals surface area contributed by atoms with E-state index >= 15 is 0 Å². The molecule has 2 unspecified atom stereocenters. The molecule has 2 aliphatic rings. The summed E-state index contributed by atoms with van der Waals surface area (Å²) in [5.41, 5.74) is 3.21. The molecule has 0 radical (unpaired) electrons. The Balaban J connectivity index is 1.70. The molecule has 156 valence electrons. The number of rotatable bonds is 4. The summed E-state index contributed by atoms with van der Waals surface area (Å²) in [6.45, 7) is 6.22. The van der Waals surface area contributed by atoms with Gasteiger partial charge in [-0.1, -0.05) is 38.1 Å². The van der Waals surface area contributed by atoms with Gasteiger partial charge in [-0.05, 0) is 30.4 Å². The number of benzene rings is 1. The Morgan fingerprint density at radius 1 is 1.24 bits per heavy atom. The number of aromatic amines is 1. The van der Waals surface area contributed by atoms with Crippen LogP contribution in [0.25, 0.3) is 0 Å². The number of aliphatic hydroxyl groups is 1. The monoisotopic (exact) mass is 397 g/mol. The van der Waals surface area contributed by atoms with Crippen LogP contribution >= 0.6 is 0 Å². The smallest absolute Gasteiger partial charge is 0.269 e. The molecule has 1 aliphatic heterocycles. The Morgan fingerprint density at radius 3 is 2.48 bits per heavy atom. The molecule has 1 aliphatic carbocycles. The first-order valence-corrected chi connectivity index (χ1v) is 9.97. The number of hydrogen-bond acceptors (Lipinski definition) is 5. The molecular weight excluding hydrogens is 370 g/mol.